The van der Waals surface area contributed by atoms with E-state index in [1.54, 1.807) is 36.3 Å². The summed E-state index contributed by atoms with van der Waals surface area (Å²) in [6, 6.07) is 10.7. The number of halogens is 2. The van der Waals surface area contributed by atoms with E-state index in [0.717, 1.165) is 53.1 Å². The summed E-state index contributed by atoms with van der Waals surface area (Å²) in [4.78, 5) is 17.6. The number of ether oxygens (including phenoxy) is 3. The molecule has 0 amide bonds. The first-order valence-electron chi connectivity index (χ1n) is 13.5. The molecule has 42 heavy (non-hydrogen) atoms. The minimum atomic E-state index is -0.624. The number of nitrogens with zero attached hydrogens (tertiary/aromatic N) is 4. The fraction of sp³-hybridized carbons (Fsp3) is 0.300. The van der Waals surface area contributed by atoms with Crippen molar-refractivity contribution in [1.82, 2.24) is 24.6 Å². The highest BCUT2D eigenvalue weighted by atomic mass is 35.5. The Labute approximate surface area is 250 Å². The smallest absolute Gasteiger partial charge is 0.351 e. The van der Waals surface area contributed by atoms with Gasteiger partial charge in [-0.2, -0.15) is 5.10 Å². The summed E-state index contributed by atoms with van der Waals surface area (Å²) >= 11 is 7.89. The molecule has 3 aromatic heterocycles. The molecule has 1 aliphatic rings. The van der Waals surface area contributed by atoms with Crippen LogP contribution in [0.3, 0.4) is 0 Å². The molecule has 1 N–H and O–H groups in total. The van der Waals surface area contributed by atoms with Crippen LogP contribution in [0.15, 0.2) is 55.1 Å². The van der Waals surface area contributed by atoms with E-state index < -0.39 is 17.9 Å². The molecule has 2 aromatic carbocycles. The predicted octanol–water partition coefficient (Wildman–Crippen LogP) is 6.34. The maximum atomic E-state index is 14.8. The number of nitrogens with one attached hydrogen (secondary N) is 1. The molecule has 0 bridgehead atoms. The van der Waals surface area contributed by atoms with E-state index in [1.165, 1.54) is 24.5 Å². The third-order valence-corrected chi connectivity index (χ3v) is 8.76. The second-order valence-corrected chi connectivity index (χ2v) is 11.5. The molecule has 1 saturated heterocycles. The van der Waals surface area contributed by atoms with Crippen molar-refractivity contribution in [2.24, 2.45) is 7.05 Å². The number of imidazole rings is 1. The minimum Gasteiger partial charge on any atom is -0.486 e. The van der Waals surface area contributed by atoms with Crippen LogP contribution in [0.4, 0.5) is 4.39 Å². The molecule has 1 atom stereocenters. The normalized spacial score (nSPS) is 14.7. The number of thiophene rings is 1. The van der Waals surface area contributed by atoms with Crippen LogP contribution in [0.25, 0.3) is 27.2 Å². The fourth-order valence-corrected chi connectivity index (χ4v) is 6.39. The lowest BCUT2D eigenvalue weighted by Gasteiger charge is -2.25. The molecule has 218 valence electrons. The molecule has 1 aliphatic heterocycles. The largest absolute Gasteiger partial charge is 0.486 e. The standard InChI is InChI=1S/C30H29ClFN5O4S/c1-17(21-5-6-22(32)28(27(21)31)41-20-8-10-33-11-9-20)40-25-13-26(42-29(25)30(38)39-3)37-16-34-23-12-18(4-7-24(23)37)19-14-35-36(2)15-19/h4-7,12-17,20,33H,8-11H2,1-3H3. The molecule has 0 aliphatic carbocycles. The van der Waals surface area contributed by atoms with Crippen LogP contribution in [-0.4, -0.2) is 51.6 Å². The maximum absolute atomic E-state index is 14.8. The molecule has 9 nitrogen and oxygen atoms in total. The lowest BCUT2D eigenvalue weighted by atomic mass is 10.1. The van der Waals surface area contributed by atoms with Gasteiger partial charge in [0.15, 0.2) is 16.4 Å². The highest BCUT2D eigenvalue weighted by molar-refractivity contribution is 7.16. The third kappa shape index (κ3) is 5.47. The molecule has 1 fully saturated rings. The molecular weight excluding hydrogens is 581 g/mol. The Kier molecular flexibility index (Phi) is 7.89. The van der Waals surface area contributed by atoms with Crippen molar-refractivity contribution in [2.45, 2.75) is 32.0 Å². The van der Waals surface area contributed by atoms with Crippen LogP contribution in [-0.2, 0) is 11.8 Å². The Bertz CT molecular complexity index is 1760. The van der Waals surface area contributed by atoms with Gasteiger partial charge in [0, 0.05) is 30.4 Å². The van der Waals surface area contributed by atoms with Gasteiger partial charge in [-0.25, -0.2) is 14.2 Å². The molecular formula is C30H29ClFN5O4S. The fourth-order valence-electron chi connectivity index (χ4n) is 5.05. The number of benzene rings is 2. The number of carbonyl (C=O) groups excluding carboxylic acids is 1. The first-order valence-corrected chi connectivity index (χ1v) is 14.7. The summed E-state index contributed by atoms with van der Waals surface area (Å²) in [5.41, 5.74) is 4.19. The van der Waals surface area contributed by atoms with Crippen LogP contribution in [0.1, 0.15) is 41.1 Å². The topological polar surface area (TPSA) is 92.4 Å². The SMILES string of the molecule is COC(=O)c1sc(-n2cnc3cc(-c4cnn(C)c4)ccc32)cc1OC(C)c1ccc(F)c(OC2CCNCC2)c1Cl. The average molecular weight is 610 g/mol. The Balaban J connectivity index is 1.30. The summed E-state index contributed by atoms with van der Waals surface area (Å²) in [5, 5.41) is 8.38. The zero-order chi connectivity index (χ0) is 29.4. The lowest BCUT2D eigenvalue weighted by Crippen LogP contribution is -2.34. The number of methoxy groups -OCH3 is 1. The van der Waals surface area contributed by atoms with E-state index >= 15 is 0 Å². The number of hydrogen-bond acceptors (Lipinski definition) is 8. The van der Waals surface area contributed by atoms with Gasteiger partial charge in [0.1, 0.15) is 29.3 Å². The van der Waals surface area contributed by atoms with Crippen LogP contribution in [0, 0.1) is 5.82 Å². The van der Waals surface area contributed by atoms with Crippen LogP contribution < -0.4 is 14.8 Å². The lowest BCUT2D eigenvalue weighted by molar-refractivity contribution is 0.0600. The molecule has 6 rings (SSSR count). The first kappa shape index (κ1) is 28.2. The van der Waals surface area contributed by atoms with Crippen LogP contribution >= 0.6 is 22.9 Å². The van der Waals surface area contributed by atoms with Gasteiger partial charge in [0.2, 0.25) is 0 Å². The highest BCUT2D eigenvalue weighted by Gasteiger charge is 2.26. The van der Waals surface area contributed by atoms with Crippen molar-refractivity contribution in [2.75, 3.05) is 20.2 Å². The molecule has 12 heteroatoms. The monoisotopic (exact) mass is 609 g/mol. The van der Waals surface area contributed by atoms with Gasteiger partial charge in [-0.1, -0.05) is 23.7 Å². The molecule has 5 aromatic rings. The molecule has 0 spiro atoms. The van der Waals surface area contributed by atoms with Crippen molar-refractivity contribution >= 4 is 39.9 Å². The van der Waals surface area contributed by atoms with E-state index in [1.807, 2.05) is 36.0 Å². The van der Waals surface area contributed by atoms with Crippen LogP contribution in [0.5, 0.6) is 11.5 Å². The second kappa shape index (κ2) is 11.7. The Morgan fingerprint density at radius 2 is 2.00 bits per heavy atom. The van der Waals surface area contributed by atoms with Crippen LogP contribution in [0.2, 0.25) is 5.02 Å². The summed E-state index contributed by atoms with van der Waals surface area (Å²) in [6.45, 7) is 3.40. The minimum absolute atomic E-state index is 0.0197. The second-order valence-electron chi connectivity index (χ2n) is 10.1. The van der Waals surface area contributed by atoms with E-state index in [9.17, 15) is 9.18 Å². The zero-order valence-electron chi connectivity index (χ0n) is 23.3. The Morgan fingerprint density at radius 1 is 1.19 bits per heavy atom. The van der Waals surface area contributed by atoms with Crippen molar-refractivity contribution in [3.05, 3.63) is 76.4 Å². The third-order valence-electron chi connectivity index (χ3n) is 7.27. The van der Waals surface area contributed by atoms with Gasteiger partial charge in [0.05, 0.1) is 29.4 Å². The molecule has 0 saturated carbocycles. The number of piperidine rings is 1. The zero-order valence-corrected chi connectivity index (χ0v) is 24.8. The number of aryl methyl sites for hydroxylation is 1. The highest BCUT2D eigenvalue weighted by Crippen LogP contribution is 2.40. The van der Waals surface area contributed by atoms with E-state index in [2.05, 4.69) is 15.4 Å². The summed E-state index contributed by atoms with van der Waals surface area (Å²) < 4.78 is 35.7. The van der Waals surface area contributed by atoms with Crippen molar-refractivity contribution in [3.63, 3.8) is 0 Å². The van der Waals surface area contributed by atoms with Crippen molar-refractivity contribution in [3.8, 4) is 27.6 Å². The van der Waals surface area contributed by atoms with Gasteiger partial charge in [-0.05, 0) is 56.6 Å². The van der Waals surface area contributed by atoms with Gasteiger partial charge < -0.3 is 19.5 Å². The van der Waals surface area contributed by atoms with Gasteiger partial charge >= 0.3 is 5.97 Å². The summed E-state index contributed by atoms with van der Waals surface area (Å²) in [7, 11) is 3.20. The number of hydrogen-bond donors (Lipinski definition) is 1. The molecule has 4 heterocycles. The number of rotatable bonds is 8. The average Bonchev–Trinajstić information content (AvgIpc) is 3.73. The van der Waals surface area contributed by atoms with Gasteiger partial charge in [-0.3, -0.25) is 9.25 Å². The van der Waals surface area contributed by atoms with Gasteiger partial charge in [-0.15, -0.1) is 11.3 Å². The molecule has 1 unspecified atom stereocenters. The number of aromatic nitrogens is 4. The number of esters is 1. The van der Waals surface area contributed by atoms with Crippen molar-refractivity contribution < 1.29 is 23.4 Å². The van der Waals surface area contributed by atoms with E-state index in [0.29, 0.717) is 11.3 Å². The Morgan fingerprint density at radius 3 is 2.74 bits per heavy atom. The van der Waals surface area contributed by atoms with Gasteiger partial charge in [0.25, 0.3) is 0 Å². The molecule has 0 radical (unpaired) electrons. The Hall–Kier alpha value is -3.93. The van der Waals surface area contributed by atoms with E-state index in [4.69, 9.17) is 25.8 Å². The first-order chi connectivity index (χ1) is 20.3. The predicted molar refractivity (Wildman–Crippen MR) is 159 cm³/mol. The summed E-state index contributed by atoms with van der Waals surface area (Å²) in [6.07, 6.45) is 6.24. The van der Waals surface area contributed by atoms with Crippen molar-refractivity contribution in [1.29, 1.82) is 0 Å². The number of fused-ring (bicyclic) bond motifs is 1. The van der Waals surface area contributed by atoms with E-state index in [-0.39, 0.29) is 21.8 Å². The quantitative estimate of drug-likeness (QED) is 0.205. The number of carbonyl (C=O) groups is 1. The summed E-state index contributed by atoms with van der Waals surface area (Å²) in [5.74, 6) is -0.714. The maximum Gasteiger partial charge on any atom is 0.351 e.